The number of amides is 2. The van der Waals surface area contributed by atoms with Crippen LogP contribution >= 0.6 is 0 Å². The van der Waals surface area contributed by atoms with Gasteiger partial charge in [-0.3, -0.25) is 14.4 Å². The molecule has 0 radical (unpaired) electrons. The zero-order valence-electron chi connectivity index (χ0n) is 15.8. The molecule has 0 aromatic heterocycles. The Morgan fingerprint density at radius 3 is 2.46 bits per heavy atom. The summed E-state index contributed by atoms with van der Waals surface area (Å²) in [4.78, 5) is 36.7. The molecule has 1 N–H and O–H groups in total. The van der Waals surface area contributed by atoms with Crippen molar-refractivity contribution < 1.29 is 23.9 Å². The van der Waals surface area contributed by atoms with E-state index in [4.69, 9.17) is 9.47 Å². The highest BCUT2D eigenvalue weighted by Gasteiger charge is 2.36. The van der Waals surface area contributed by atoms with Crippen LogP contribution in [0.1, 0.15) is 46.0 Å². The summed E-state index contributed by atoms with van der Waals surface area (Å²) in [7, 11) is 0. The Morgan fingerprint density at radius 1 is 1.12 bits per heavy atom. The van der Waals surface area contributed by atoms with Crippen molar-refractivity contribution in [2.75, 3.05) is 39.5 Å². The summed E-state index contributed by atoms with van der Waals surface area (Å²) in [5.41, 5.74) is 2.53. The molecule has 146 valence electrons. The molecule has 1 heterocycles. The number of Topliss-reactive ketones (excluding diaryl/α,β-unsaturated/α-hetero) is 1. The number of rotatable bonds is 12. The first-order chi connectivity index (χ1) is 12.5. The topological polar surface area (TPSA) is 84.9 Å². The summed E-state index contributed by atoms with van der Waals surface area (Å²) in [5.74, 6) is 0.213. The Labute approximate surface area is 155 Å². The van der Waals surface area contributed by atoms with Crippen molar-refractivity contribution in [3.8, 4) is 0 Å². The number of ketones is 1. The van der Waals surface area contributed by atoms with E-state index in [-0.39, 0.29) is 23.5 Å². The van der Waals surface area contributed by atoms with Crippen LogP contribution in [0.2, 0.25) is 0 Å². The Kier molecular flexibility index (Phi) is 8.25. The van der Waals surface area contributed by atoms with E-state index in [1.807, 2.05) is 11.8 Å². The summed E-state index contributed by atoms with van der Waals surface area (Å²) >= 11 is 0. The van der Waals surface area contributed by atoms with Gasteiger partial charge in [-0.15, -0.1) is 0 Å². The van der Waals surface area contributed by atoms with Gasteiger partial charge in [0.15, 0.2) is 0 Å². The predicted octanol–water partition coefficient (Wildman–Crippen LogP) is 1.42. The Hall–Kier alpha value is -1.73. The third kappa shape index (κ3) is 6.88. The Bertz CT molecular complexity index is 552. The molecule has 2 aliphatic rings. The largest absolute Gasteiger partial charge is 0.379 e. The molecule has 0 spiro atoms. The molecule has 7 nitrogen and oxygen atoms in total. The molecule has 1 saturated heterocycles. The Morgan fingerprint density at radius 2 is 1.81 bits per heavy atom. The molecule has 0 bridgehead atoms. The van der Waals surface area contributed by atoms with Crippen molar-refractivity contribution in [2.24, 2.45) is 5.92 Å². The SMILES string of the molecule is CC(=O)CCOCCOCCNC(=O)CCN1C(=O)C(C)CC1=C1CC1. The molecular weight excluding hydrogens is 336 g/mol. The highest BCUT2D eigenvalue weighted by Crippen LogP contribution is 2.40. The quantitative estimate of drug-likeness (QED) is 0.528. The zero-order chi connectivity index (χ0) is 18.9. The van der Waals surface area contributed by atoms with Crippen molar-refractivity contribution in [2.45, 2.75) is 46.0 Å². The molecule has 2 rings (SSSR count). The summed E-state index contributed by atoms with van der Waals surface area (Å²) in [6.45, 7) is 6.08. The van der Waals surface area contributed by atoms with Gasteiger partial charge in [0.25, 0.3) is 0 Å². The molecular formula is C19H30N2O5. The fraction of sp³-hybridized carbons (Fsp3) is 0.737. The maximum atomic E-state index is 12.2. The molecule has 1 aliphatic carbocycles. The molecule has 0 aromatic carbocycles. The average Bonchev–Trinajstić information content (AvgIpc) is 3.39. The highest BCUT2D eigenvalue weighted by molar-refractivity contribution is 5.85. The van der Waals surface area contributed by atoms with Crippen LogP contribution in [0.25, 0.3) is 0 Å². The highest BCUT2D eigenvalue weighted by atomic mass is 16.5. The second-order valence-corrected chi connectivity index (χ2v) is 6.92. The number of nitrogens with one attached hydrogen (secondary N) is 1. The van der Waals surface area contributed by atoms with Gasteiger partial charge in [0.05, 0.1) is 26.4 Å². The van der Waals surface area contributed by atoms with Crippen LogP contribution in [0.15, 0.2) is 11.3 Å². The molecule has 0 aromatic rings. The third-order valence-electron chi connectivity index (χ3n) is 4.52. The Balaban J connectivity index is 1.51. The number of nitrogens with zero attached hydrogens (tertiary/aromatic N) is 1. The number of hydrogen-bond acceptors (Lipinski definition) is 5. The molecule has 1 aliphatic heterocycles. The summed E-state index contributed by atoms with van der Waals surface area (Å²) in [5, 5.41) is 2.81. The maximum Gasteiger partial charge on any atom is 0.229 e. The maximum absolute atomic E-state index is 12.2. The summed E-state index contributed by atoms with van der Waals surface area (Å²) in [6.07, 6.45) is 3.73. The van der Waals surface area contributed by atoms with Crippen molar-refractivity contribution in [1.82, 2.24) is 10.2 Å². The average molecular weight is 366 g/mol. The zero-order valence-corrected chi connectivity index (χ0v) is 15.8. The van der Waals surface area contributed by atoms with Crippen molar-refractivity contribution in [3.63, 3.8) is 0 Å². The van der Waals surface area contributed by atoms with Crippen LogP contribution in [0, 0.1) is 5.92 Å². The minimum absolute atomic E-state index is 0.0345. The minimum Gasteiger partial charge on any atom is -0.379 e. The van der Waals surface area contributed by atoms with E-state index in [1.165, 1.54) is 12.5 Å². The second-order valence-electron chi connectivity index (χ2n) is 6.92. The lowest BCUT2D eigenvalue weighted by Crippen LogP contribution is -2.33. The van der Waals surface area contributed by atoms with Crippen molar-refractivity contribution in [1.29, 1.82) is 0 Å². The molecule has 26 heavy (non-hydrogen) atoms. The van der Waals surface area contributed by atoms with E-state index in [0.29, 0.717) is 52.4 Å². The molecule has 2 fully saturated rings. The lowest BCUT2D eigenvalue weighted by atomic mass is 10.1. The van der Waals surface area contributed by atoms with Gasteiger partial charge in [0, 0.05) is 37.5 Å². The van der Waals surface area contributed by atoms with Gasteiger partial charge in [-0.2, -0.15) is 0 Å². The van der Waals surface area contributed by atoms with Crippen LogP contribution in [0.5, 0.6) is 0 Å². The van der Waals surface area contributed by atoms with Crippen LogP contribution in [0.3, 0.4) is 0 Å². The summed E-state index contributed by atoms with van der Waals surface area (Å²) in [6, 6.07) is 0. The molecule has 1 unspecified atom stereocenters. The van der Waals surface area contributed by atoms with E-state index in [9.17, 15) is 14.4 Å². The van der Waals surface area contributed by atoms with E-state index in [2.05, 4.69) is 5.32 Å². The third-order valence-corrected chi connectivity index (χ3v) is 4.52. The van der Waals surface area contributed by atoms with E-state index < -0.39 is 0 Å². The van der Waals surface area contributed by atoms with Crippen LogP contribution in [0.4, 0.5) is 0 Å². The summed E-state index contributed by atoms with van der Waals surface area (Å²) < 4.78 is 10.6. The van der Waals surface area contributed by atoms with Gasteiger partial charge in [0.1, 0.15) is 5.78 Å². The molecule has 2 amide bonds. The lowest BCUT2D eigenvalue weighted by molar-refractivity contribution is -0.130. The lowest BCUT2D eigenvalue weighted by Gasteiger charge is -2.18. The molecule has 1 atom stereocenters. The van der Waals surface area contributed by atoms with Crippen molar-refractivity contribution in [3.05, 3.63) is 11.3 Å². The van der Waals surface area contributed by atoms with Gasteiger partial charge in [-0.05, 0) is 31.8 Å². The van der Waals surface area contributed by atoms with Crippen LogP contribution < -0.4 is 5.32 Å². The van der Waals surface area contributed by atoms with Crippen LogP contribution in [-0.4, -0.2) is 62.0 Å². The van der Waals surface area contributed by atoms with Crippen molar-refractivity contribution >= 4 is 17.6 Å². The normalized spacial score (nSPS) is 19.2. The van der Waals surface area contributed by atoms with Gasteiger partial charge in [-0.25, -0.2) is 0 Å². The monoisotopic (exact) mass is 366 g/mol. The van der Waals surface area contributed by atoms with Gasteiger partial charge in [0.2, 0.25) is 11.8 Å². The minimum atomic E-state index is -0.0705. The van der Waals surface area contributed by atoms with Gasteiger partial charge in [-0.1, -0.05) is 6.92 Å². The molecule has 1 saturated carbocycles. The number of likely N-dealkylation sites (tertiary alicyclic amines) is 1. The number of hydrogen-bond donors (Lipinski definition) is 1. The number of carbonyl (C=O) groups excluding carboxylic acids is 3. The van der Waals surface area contributed by atoms with E-state index in [1.54, 1.807) is 0 Å². The smallest absolute Gasteiger partial charge is 0.229 e. The van der Waals surface area contributed by atoms with Crippen LogP contribution in [-0.2, 0) is 23.9 Å². The standard InChI is InChI=1S/C19H30N2O5/c1-14-13-17(16-3-4-16)21(19(14)24)8-5-18(23)20-7-10-26-12-11-25-9-6-15(2)22/h14H,3-13H2,1-2H3,(H,20,23). The number of ether oxygens (including phenoxy) is 2. The van der Waals surface area contributed by atoms with Gasteiger partial charge < -0.3 is 19.7 Å². The second kappa shape index (κ2) is 10.4. The number of carbonyl (C=O) groups is 3. The molecule has 7 heteroatoms. The van der Waals surface area contributed by atoms with E-state index in [0.717, 1.165) is 25.0 Å². The van der Waals surface area contributed by atoms with E-state index >= 15 is 0 Å². The first-order valence-electron chi connectivity index (χ1n) is 9.43. The first kappa shape index (κ1) is 20.6. The fourth-order valence-electron chi connectivity index (χ4n) is 2.92. The number of allylic oxidation sites excluding steroid dienone is 2. The first-order valence-corrected chi connectivity index (χ1v) is 9.43. The fourth-order valence-corrected chi connectivity index (χ4v) is 2.92. The predicted molar refractivity (Wildman–Crippen MR) is 96.3 cm³/mol. The van der Waals surface area contributed by atoms with Gasteiger partial charge >= 0.3 is 0 Å².